The Labute approximate surface area is 60.6 Å². The third-order valence-electron chi connectivity index (χ3n) is 0. The van der Waals surface area contributed by atoms with Crippen molar-refractivity contribution in [2.75, 3.05) is 0 Å². The summed E-state index contributed by atoms with van der Waals surface area (Å²) < 4.78 is 0. The molecule has 0 heterocycles. The molecule has 4 heteroatoms. The Kier molecular flexibility index (Phi) is 263. The summed E-state index contributed by atoms with van der Waals surface area (Å²) in [7, 11) is 0. The second-order valence-corrected chi connectivity index (χ2v) is 0. The molecule has 0 aliphatic rings. The van der Waals surface area contributed by atoms with Gasteiger partial charge in [-0.2, -0.15) is 0 Å². The van der Waals surface area contributed by atoms with Crippen LogP contribution in [0.1, 0.15) is 0 Å². The van der Waals surface area contributed by atoms with Crippen molar-refractivity contribution in [3.8, 4) is 0 Å². The molecule has 0 aromatic carbocycles. The van der Waals surface area contributed by atoms with Crippen LogP contribution in [0.25, 0.3) is 0 Å². The first-order chi connectivity index (χ1) is 0. The van der Waals surface area contributed by atoms with E-state index in [1.54, 1.807) is 0 Å². The zero-order valence-electron chi connectivity index (χ0n) is 2.08. The molecule has 15 valence electrons. The summed E-state index contributed by atoms with van der Waals surface area (Å²) in [4.78, 5) is 0. The van der Waals surface area contributed by atoms with Crippen LogP contribution in [0.3, 0.4) is 0 Å². The van der Waals surface area contributed by atoms with E-state index in [1.807, 2.05) is 0 Å². The van der Waals surface area contributed by atoms with Gasteiger partial charge in [0, 0.05) is 60.9 Å². The topological polar surface area (TPSA) is 0 Å². The van der Waals surface area contributed by atoms with E-state index >= 15 is 0 Å². The minimum absolute atomic E-state index is 0. The molecule has 0 fully saturated rings. The van der Waals surface area contributed by atoms with E-state index in [9.17, 15) is 0 Å². The van der Waals surface area contributed by atoms with Crippen molar-refractivity contribution < 1.29 is 0 Å². The van der Waals surface area contributed by atoms with Gasteiger partial charge in [-0.05, 0) is 0 Å². The third kappa shape index (κ3) is 9.46. The summed E-state index contributed by atoms with van der Waals surface area (Å²) in [6.45, 7) is 0. The Morgan fingerprint density at radius 1 is 1.00 bits per heavy atom. The Hall–Kier alpha value is 1.62. The predicted molar refractivity (Wildman–Crippen MR) is 23.0 cm³/mol. The third-order valence-corrected chi connectivity index (χ3v) is 0. The smallest absolute Gasteiger partial charge is 0 e. The van der Waals surface area contributed by atoms with Crippen molar-refractivity contribution in [1.29, 1.82) is 0 Å². The van der Waals surface area contributed by atoms with Crippen LogP contribution in [0.4, 0.5) is 0 Å². The fourth-order valence-electron chi connectivity index (χ4n) is 0. The van der Waals surface area contributed by atoms with E-state index < -0.39 is 0 Å². The molecule has 4 heavy (non-hydrogen) atoms. The summed E-state index contributed by atoms with van der Waals surface area (Å²) in [6.07, 6.45) is 0. The maximum absolute atomic E-state index is 0. The molecule has 15 radical (unpaired) electrons. The van der Waals surface area contributed by atoms with Crippen LogP contribution < -0.4 is 0 Å². The Bertz CT molecular complexity index is 8.00. The first kappa shape index (κ1) is 45.6. The minimum atomic E-state index is 0. The van der Waals surface area contributed by atoms with E-state index in [1.165, 1.54) is 0 Å². The minimum Gasteiger partial charge on any atom is 0 e. The number of rotatable bonds is 0. The van der Waals surface area contributed by atoms with E-state index in [-0.39, 0.29) is 60.9 Å². The van der Waals surface area contributed by atoms with Crippen molar-refractivity contribution >= 4 is 60.9 Å². The van der Waals surface area contributed by atoms with Crippen molar-refractivity contribution in [1.82, 2.24) is 0 Å². The Balaban J connectivity index is 0. The van der Waals surface area contributed by atoms with Gasteiger partial charge >= 0.3 is 0 Å². The fraction of sp³-hybridized carbons (Fsp3) is 0. The largest absolute Gasteiger partial charge is 0 e. The molecule has 0 saturated carbocycles. The normalized spacial score (nSPS) is 0. The Morgan fingerprint density at radius 2 is 1.00 bits per heavy atom. The van der Waals surface area contributed by atoms with Crippen LogP contribution >= 0.6 is 0 Å². The standard InChI is InChI=1S/B.Ge.Si.Sn. The average molecular weight is 230 g/mol. The monoisotopic (exact) mass is 233 g/mol. The number of hydrogen-bond donors (Lipinski definition) is 0. The Morgan fingerprint density at radius 3 is 1.00 bits per heavy atom. The quantitative estimate of drug-likeness (QED) is 0.443. The van der Waals surface area contributed by atoms with Gasteiger partial charge in [-0.15, -0.1) is 0 Å². The van der Waals surface area contributed by atoms with Crippen molar-refractivity contribution in [3.05, 3.63) is 0 Å². The molecule has 0 bridgehead atoms. The van der Waals surface area contributed by atoms with Gasteiger partial charge in [0.2, 0.25) is 0 Å². The van der Waals surface area contributed by atoms with Crippen molar-refractivity contribution in [2.24, 2.45) is 0 Å². The van der Waals surface area contributed by atoms with Gasteiger partial charge < -0.3 is 0 Å². The second-order valence-electron chi connectivity index (χ2n) is 0. The van der Waals surface area contributed by atoms with Crippen LogP contribution in [0.5, 0.6) is 0 Å². The van der Waals surface area contributed by atoms with Gasteiger partial charge in [0.1, 0.15) is 0 Å². The molecule has 0 nitrogen and oxygen atoms in total. The summed E-state index contributed by atoms with van der Waals surface area (Å²) >= 11 is 0. The van der Waals surface area contributed by atoms with Gasteiger partial charge in [0.05, 0.1) is 0 Å². The SMILES string of the molecule is [B].[Ge].[Si].[Sn]. The van der Waals surface area contributed by atoms with E-state index in [4.69, 9.17) is 0 Å². The molecule has 0 rings (SSSR count). The maximum Gasteiger partial charge on any atom is 0 e. The molecule has 0 saturated heterocycles. The van der Waals surface area contributed by atoms with Crippen LogP contribution in [-0.2, 0) is 0 Å². The fourth-order valence-corrected chi connectivity index (χ4v) is 0. The predicted octanol–water partition coefficient (Wildman–Crippen LogP) is -1.52. The van der Waals surface area contributed by atoms with Crippen LogP contribution in [-0.4, -0.2) is 60.9 Å². The van der Waals surface area contributed by atoms with Crippen LogP contribution in [0, 0.1) is 0 Å². The van der Waals surface area contributed by atoms with E-state index in [0.717, 1.165) is 0 Å². The summed E-state index contributed by atoms with van der Waals surface area (Å²) in [5.41, 5.74) is 0. The second kappa shape index (κ2) is 23.0. The first-order valence-electron chi connectivity index (χ1n) is 0. The van der Waals surface area contributed by atoms with Crippen molar-refractivity contribution in [2.45, 2.75) is 0 Å². The molecule has 0 N–H and O–H groups in total. The van der Waals surface area contributed by atoms with Crippen molar-refractivity contribution in [3.63, 3.8) is 0 Å². The molecule has 0 aliphatic heterocycles. The van der Waals surface area contributed by atoms with Gasteiger partial charge in [0.25, 0.3) is 0 Å². The van der Waals surface area contributed by atoms with Gasteiger partial charge in [-0.25, -0.2) is 0 Å². The zero-order chi connectivity index (χ0) is 0. The molecule has 0 aromatic heterocycles. The van der Waals surface area contributed by atoms with Gasteiger partial charge in [-0.1, -0.05) is 0 Å². The van der Waals surface area contributed by atoms with E-state index in [2.05, 4.69) is 0 Å². The zero-order valence-corrected chi connectivity index (χ0v) is 8.03. The first-order valence-corrected chi connectivity index (χ1v) is 0. The van der Waals surface area contributed by atoms with Crippen LogP contribution in [0.15, 0.2) is 0 Å². The molecule has 0 aliphatic carbocycles. The van der Waals surface area contributed by atoms with Crippen LogP contribution in [0.2, 0.25) is 0 Å². The molecule has 0 spiro atoms. The number of hydrogen-bond acceptors (Lipinski definition) is 0. The van der Waals surface area contributed by atoms with E-state index in [0.29, 0.717) is 0 Å². The average Bonchev–Trinajstić information content (AvgIpc) is 0. The van der Waals surface area contributed by atoms with Gasteiger partial charge in [-0.3, -0.25) is 0 Å². The molecule has 0 unspecified atom stereocenters. The molecule has 0 atom stereocenters. The molecule has 0 amide bonds. The summed E-state index contributed by atoms with van der Waals surface area (Å²) in [5.74, 6) is 0. The molecular formula is BGeSiSn. The maximum atomic E-state index is 0. The molecular weight excluding hydrogens is 230 g/mol. The molecule has 0 aromatic rings. The van der Waals surface area contributed by atoms with Gasteiger partial charge in [0.15, 0.2) is 0 Å². The summed E-state index contributed by atoms with van der Waals surface area (Å²) in [5, 5.41) is 0. The summed E-state index contributed by atoms with van der Waals surface area (Å²) in [6, 6.07) is 0.